The molecule has 0 saturated carbocycles. The summed E-state index contributed by atoms with van der Waals surface area (Å²) in [6, 6.07) is 2.64. The molecule has 4 rings (SSSR count). The summed E-state index contributed by atoms with van der Waals surface area (Å²) >= 11 is 1.79. The van der Waals surface area contributed by atoms with Crippen LogP contribution in [0.15, 0.2) is 11.4 Å². The van der Waals surface area contributed by atoms with Crippen LogP contribution in [0.5, 0.6) is 0 Å². The van der Waals surface area contributed by atoms with Crippen LogP contribution in [0.3, 0.4) is 0 Å². The average molecular weight is 427 g/mol. The van der Waals surface area contributed by atoms with Gasteiger partial charge in [-0.15, -0.1) is 23.7 Å². The number of fused-ring (bicyclic) bond motifs is 1. The summed E-state index contributed by atoms with van der Waals surface area (Å²) in [5.74, 6) is 0.200. The summed E-state index contributed by atoms with van der Waals surface area (Å²) in [6.07, 6.45) is 4.97. The van der Waals surface area contributed by atoms with E-state index in [1.165, 1.54) is 10.4 Å². The van der Waals surface area contributed by atoms with Gasteiger partial charge in [-0.25, -0.2) is 4.79 Å². The molecule has 1 N–H and O–H groups in total. The molecule has 156 valence electrons. The number of thiophene rings is 1. The third-order valence-electron chi connectivity index (χ3n) is 6.26. The van der Waals surface area contributed by atoms with Gasteiger partial charge in [0.1, 0.15) is 0 Å². The highest BCUT2D eigenvalue weighted by atomic mass is 35.5. The lowest BCUT2D eigenvalue weighted by molar-refractivity contribution is -0.138. The molecule has 0 spiro atoms. The molecule has 2 atom stereocenters. The first-order valence-electron chi connectivity index (χ1n) is 10.2. The van der Waals surface area contributed by atoms with Crippen LogP contribution >= 0.6 is 23.7 Å². The smallest absolute Gasteiger partial charge is 0.320 e. The molecule has 1 aromatic rings. The lowest BCUT2D eigenvalue weighted by Crippen LogP contribution is -2.54. The lowest BCUT2D eigenvalue weighted by Gasteiger charge is -2.40. The maximum absolute atomic E-state index is 13.0. The van der Waals surface area contributed by atoms with Gasteiger partial charge in [-0.2, -0.15) is 0 Å². The Labute approximate surface area is 177 Å². The summed E-state index contributed by atoms with van der Waals surface area (Å²) < 4.78 is 0. The number of hydrogen-bond donors (Lipinski definition) is 1. The SMILES string of the molecule is CNC1CCCN(C(=O)C2CCCN(C(=O)N3CCc4sccc4C3)C2)C1.Cl. The van der Waals surface area contributed by atoms with Gasteiger partial charge in [-0.3, -0.25) is 4.79 Å². The topological polar surface area (TPSA) is 55.9 Å². The Morgan fingerprint density at radius 1 is 1.07 bits per heavy atom. The van der Waals surface area contributed by atoms with E-state index in [9.17, 15) is 9.59 Å². The highest BCUT2D eigenvalue weighted by Crippen LogP contribution is 2.27. The van der Waals surface area contributed by atoms with Crippen molar-refractivity contribution in [3.05, 3.63) is 21.9 Å². The van der Waals surface area contributed by atoms with E-state index >= 15 is 0 Å². The maximum atomic E-state index is 13.0. The molecule has 0 bridgehead atoms. The number of halogens is 1. The van der Waals surface area contributed by atoms with Gasteiger partial charge in [-0.05, 0) is 56.2 Å². The van der Waals surface area contributed by atoms with Crippen LogP contribution in [-0.2, 0) is 17.8 Å². The fourth-order valence-electron chi connectivity index (χ4n) is 4.64. The number of carbonyl (C=O) groups is 2. The van der Waals surface area contributed by atoms with Crippen LogP contribution in [0.2, 0.25) is 0 Å². The third-order valence-corrected chi connectivity index (χ3v) is 7.28. The molecule has 3 aliphatic heterocycles. The summed E-state index contributed by atoms with van der Waals surface area (Å²) in [4.78, 5) is 33.4. The monoisotopic (exact) mass is 426 g/mol. The van der Waals surface area contributed by atoms with Gasteiger partial charge in [0.05, 0.1) is 5.92 Å². The zero-order chi connectivity index (χ0) is 18.8. The predicted octanol–water partition coefficient (Wildman–Crippen LogP) is 2.57. The second-order valence-electron chi connectivity index (χ2n) is 8.02. The Hall–Kier alpha value is -1.31. The summed E-state index contributed by atoms with van der Waals surface area (Å²) in [6.45, 7) is 4.50. The van der Waals surface area contributed by atoms with E-state index in [1.54, 1.807) is 11.3 Å². The van der Waals surface area contributed by atoms with Crippen LogP contribution in [-0.4, -0.2) is 72.5 Å². The van der Waals surface area contributed by atoms with Crippen molar-refractivity contribution in [3.63, 3.8) is 0 Å². The first-order chi connectivity index (χ1) is 13.2. The van der Waals surface area contributed by atoms with Crippen molar-refractivity contribution < 1.29 is 9.59 Å². The molecule has 3 aliphatic rings. The van der Waals surface area contributed by atoms with Crippen LogP contribution in [0.4, 0.5) is 4.79 Å². The van der Waals surface area contributed by atoms with Gasteiger partial charge in [0.25, 0.3) is 0 Å². The van der Waals surface area contributed by atoms with Crippen molar-refractivity contribution in [1.82, 2.24) is 20.0 Å². The second kappa shape index (κ2) is 9.46. The van der Waals surface area contributed by atoms with E-state index in [4.69, 9.17) is 0 Å². The second-order valence-corrected chi connectivity index (χ2v) is 9.02. The number of likely N-dealkylation sites (tertiary alicyclic amines) is 2. The quantitative estimate of drug-likeness (QED) is 0.790. The van der Waals surface area contributed by atoms with Crippen molar-refractivity contribution in [2.45, 2.75) is 44.7 Å². The predicted molar refractivity (Wildman–Crippen MR) is 114 cm³/mol. The molecule has 6 nitrogen and oxygen atoms in total. The van der Waals surface area contributed by atoms with Gasteiger partial charge in [-0.1, -0.05) is 0 Å². The van der Waals surface area contributed by atoms with Crippen LogP contribution in [0, 0.1) is 5.92 Å². The van der Waals surface area contributed by atoms with E-state index in [2.05, 4.69) is 16.8 Å². The summed E-state index contributed by atoms with van der Waals surface area (Å²) in [5.41, 5.74) is 1.29. The number of piperidine rings is 2. The molecule has 1 aromatic heterocycles. The highest BCUT2D eigenvalue weighted by molar-refractivity contribution is 7.10. The molecule has 2 saturated heterocycles. The standard InChI is InChI=1S/C20H30N4O2S.ClH/c1-21-17-5-3-8-22(14-17)19(25)16-4-2-9-23(13-16)20(26)24-10-6-18-15(12-24)7-11-27-18;/h7,11,16-17,21H,2-6,8-10,12-14H2,1H3;1H. The Balaban J connectivity index is 0.00000225. The average Bonchev–Trinajstić information content (AvgIpc) is 3.20. The van der Waals surface area contributed by atoms with Crippen LogP contribution in [0.1, 0.15) is 36.1 Å². The first-order valence-corrected chi connectivity index (χ1v) is 11.1. The van der Waals surface area contributed by atoms with Crippen LogP contribution in [0.25, 0.3) is 0 Å². The Bertz CT molecular complexity index is 698. The molecular weight excluding hydrogens is 396 g/mol. The number of carbonyl (C=O) groups excluding carboxylic acids is 2. The molecular formula is C20H31ClN4O2S. The number of nitrogens with zero attached hydrogens (tertiary/aromatic N) is 3. The number of urea groups is 1. The lowest BCUT2D eigenvalue weighted by atomic mass is 9.95. The molecule has 28 heavy (non-hydrogen) atoms. The fraction of sp³-hybridized carbons (Fsp3) is 0.700. The van der Waals surface area contributed by atoms with Gasteiger partial charge in [0.2, 0.25) is 5.91 Å². The number of hydrogen-bond acceptors (Lipinski definition) is 4. The van der Waals surface area contributed by atoms with Crippen LogP contribution < -0.4 is 5.32 Å². The molecule has 4 heterocycles. The highest BCUT2D eigenvalue weighted by Gasteiger charge is 2.35. The van der Waals surface area contributed by atoms with E-state index in [1.807, 2.05) is 21.7 Å². The minimum Gasteiger partial charge on any atom is -0.341 e. The maximum Gasteiger partial charge on any atom is 0.320 e. The molecule has 3 amide bonds. The number of amides is 3. The summed E-state index contributed by atoms with van der Waals surface area (Å²) in [7, 11) is 1.97. The molecule has 0 radical (unpaired) electrons. The van der Waals surface area contributed by atoms with E-state index in [-0.39, 0.29) is 30.3 Å². The van der Waals surface area contributed by atoms with Gasteiger partial charge >= 0.3 is 6.03 Å². The number of nitrogens with one attached hydrogen (secondary N) is 1. The Morgan fingerprint density at radius 2 is 1.86 bits per heavy atom. The van der Waals surface area contributed by atoms with Crippen molar-refractivity contribution in [3.8, 4) is 0 Å². The van der Waals surface area contributed by atoms with E-state index < -0.39 is 0 Å². The fourth-order valence-corrected chi connectivity index (χ4v) is 5.53. The molecule has 0 aromatic carbocycles. The summed E-state index contributed by atoms with van der Waals surface area (Å²) in [5, 5.41) is 5.42. The zero-order valence-electron chi connectivity index (χ0n) is 16.6. The van der Waals surface area contributed by atoms with Crippen molar-refractivity contribution in [2.24, 2.45) is 5.92 Å². The normalized spacial score (nSPS) is 25.1. The van der Waals surface area contributed by atoms with Crippen molar-refractivity contribution in [1.29, 1.82) is 0 Å². The Morgan fingerprint density at radius 3 is 2.68 bits per heavy atom. The zero-order valence-corrected chi connectivity index (χ0v) is 18.2. The minimum absolute atomic E-state index is 0. The van der Waals surface area contributed by atoms with E-state index in [0.29, 0.717) is 19.1 Å². The van der Waals surface area contributed by atoms with E-state index in [0.717, 1.165) is 58.3 Å². The van der Waals surface area contributed by atoms with Gasteiger partial charge in [0, 0.05) is 50.2 Å². The third kappa shape index (κ3) is 4.47. The van der Waals surface area contributed by atoms with Crippen molar-refractivity contribution in [2.75, 3.05) is 39.8 Å². The van der Waals surface area contributed by atoms with Gasteiger partial charge < -0.3 is 20.0 Å². The molecule has 0 aliphatic carbocycles. The van der Waals surface area contributed by atoms with Gasteiger partial charge in [0.15, 0.2) is 0 Å². The number of likely N-dealkylation sites (N-methyl/N-ethyl adjacent to an activating group) is 1. The Kier molecular flexibility index (Phi) is 7.23. The van der Waals surface area contributed by atoms with Crippen molar-refractivity contribution >= 4 is 35.7 Å². The molecule has 2 fully saturated rings. The number of rotatable bonds is 2. The largest absolute Gasteiger partial charge is 0.341 e. The molecule has 2 unspecified atom stereocenters. The first kappa shape index (κ1) is 21.4. The minimum atomic E-state index is -0.0418. The molecule has 8 heteroatoms.